The zero-order valence-electron chi connectivity index (χ0n) is 6.38. The van der Waals surface area contributed by atoms with E-state index in [1.807, 2.05) is 0 Å². The lowest BCUT2D eigenvalue weighted by Crippen LogP contribution is -1.82. The SMILES string of the molecule is N=[N+]=N/C=C/c1ccc([N+](=O)[O-])o1. The Morgan fingerprint density at radius 1 is 1.69 bits per heavy atom. The number of nitro groups is 1. The van der Waals surface area contributed by atoms with Crippen LogP contribution in [0.15, 0.2) is 27.9 Å². The average Bonchev–Trinajstić information content (AvgIpc) is 2.53. The van der Waals surface area contributed by atoms with Gasteiger partial charge in [0.25, 0.3) is 0 Å². The van der Waals surface area contributed by atoms with Gasteiger partial charge in [-0.25, -0.2) is 0 Å². The Hall–Kier alpha value is -2.27. The van der Waals surface area contributed by atoms with Crippen LogP contribution in [0.3, 0.4) is 0 Å². The minimum absolute atomic E-state index is 0.291. The molecule has 0 aliphatic heterocycles. The number of nitrogens with one attached hydrogen (secondary N) is 1. The van der Waals surface area contributed by atoms with Gasteiger partial charge < -0.3 is 4.42 Å². The summed E-state index contributed by atoms with van der Waals surface area (Å²) in [5.41, 5.74) is 6.31. The Kier molecular flexibility index (Phi) is 2.67. The summed E-state index contributed by atoms with van der Waals surface area (Å²) in [6.07, 6.45) is 2.57. The van der Waals surface area contributed by atoms with Gasteiger partial charge in [-0.15, -0.1) is 0 Å². The van der Waals surface area contributed by atoms with Gasteiger partial charge in [-0.05, 0) is 6.07 Å². The van der Waals surface area contributed by atoms with Crippen LogP contribution in [0.2, 0.25) is 0 Å². The zero-order valence-corrected chi connectivity index (χ0v) is 6.38. The predicted octanol–water partition coefficient (Wildman–Crippen LogP) is 1.71. The van der Waals surface area contributed by atoms with E-state index in [4.69, 9.17) is 9.95 Å². The molecule has 0 radical (unpaired) electrons. The Balaban J connectivity index is 2.80. The largest absolute Gasteiger partial charge is 0.433 e. The first-order valence-corrected chi connectivity index (χ1v) is 3.21. The molecule has 0 aliphatic carbocycles. The summed E-state index contributed by atoms with van der Waals surface area (Å²) in [7, 11) is 0. The van der Waals surface area contributed by atoms with Crippen LogP contribution in [0.25, 0.3) is 6.08 Å². The highest BCUT2D eigenvalue weighted by atomic mass is 16.6. The second kappa shape index (κ2) is 3.93. The molecule has 0 atom stereocenters. The summed E-state index contributed by atoms with van der Waals surface area (Å²) in [6, 6.07) is 2.66. The molecule has 7 heteroatoms. The number of nitrogens with zero attached hydrogens (tertiary/aromatic N) is 3. The summed E-state index contributed by atoms with van der Waals surface area (Å²) in [5.74, 6) is -0.0402. The van der Waals surface area contributed by atoms with Crippen LogP contribution in [-0.4, -0.2) is 4.92 Å². The van der Waals surface area contributed by atoms with Crippen molar-refractivity contribution in [3.05, 3.63) is 34.2 Å². The Morgan fingerprint density at radius 3 is 3.00 bits per heavy atom. The van der Waals surface area contributed by atoms with Crippen LogP contribution in [0.5, 0.6) is 0 Å². The highest BCUT2D eigenvalue weighted by Crippen LogP contribution is 2.16. The van der Waals surface area contributed by atoms with E-state index in [2.05, 4.69) is 10.0 Å². The minimum Gasteiger partial charge on any atom is -0.401 e. The first-order chi connectivity index (χ1) is 6.24. The third-order valence-electron chi connectivity index (χ3n) is 1.16. The van der Waals surface area contributed by atoms with Gasteiger partial charge in [0.2, 0.25) is 4.91 Å². The molecule has 13 heavy (non-hydrogen) atoms. The van der Waals surface area contributed by atoms with Gasteiger partial charge >= 0.3 is 5.88 Å². The molecule has 1 rings (SSSR count). The van der Waals surface area contributed by atoms with Crippen LogP contribution >= 0.6 is 0 Å². The van der Waals surface area contributed by atoms with E-state index in [0.717, 1.165) is 0 Å². The standard InChI is InChI=1S/C6H5N4O3/c7-9-8-4-3-5-1-2-6(13-5)10(11)12/h1-4,7H/q+1/b4-3+. The van der Waals surface area contributed by atoms with E-state index in [1.165, 1.54) is 24.4 Å². The van der Waals surface area contributed by atoms with Crippen molar-refractivity contribution in [3.8, 4) is 0 Å². The van der Waals surface area contributed by atoms with Gasteiger partial charge in [-0.3, -0.25) is 10.1 Å². The van der Waals surface area contributed by atoms with Crippen molar-refractivity contribution < 1.29 is 9.34 Å². The molecule has 0 aliphatic rings. The fourth-order valence-corrected chi connectivity index (χ4v) is 0.670. The van der Waals surface area contributed by atoms with Gasteiger partial charge in [0.05, 0.1) is 6.07 Å². The van der Waals surface area contributed by atoms with E-state index >= 15 is 0 Å². The molecule has 0 aromatic carbocycles. The molecular weight excluding hydrogens is 176 g/mol. The molecule has 66 valence electrons. The van der Waals surface area contributed by atoms with Gasteiger partial charge in [0, 0.05) is 6.08 Å². The van der Waals surface area contributed by atoms with E-state index in [1.54, 1.807) is 0 Å². The second-order valence-corrected chi connectivity index (χ2v) is 1.96. The Bertz CT molecular complexity index is 388. The van der Waals surface area contributed by atoms with Crippen LogP contribution in [0, 0.1) is 15.6 Å². The first-order valence-electron chi connectivity index (χ1n) is 3.21. The quantitative estimate of drug-likeness (QED) is 0.332. The van der Waals surface area contributed by atoms with E-state index < -0.39 is 4.92 Å². The fourth-order valence-electron chi connectivity index (χ4n) is 0.670. The minimum atomic E-state index is -0.636. The molecule has 0 bridgehead atoms. The highest BCUT2D eigenvalue weighted by molar-refractivity contribution is 5.43. The maximum atomic E-state index is 10.2. The summed E-state index contributed by atoms with van der Waals surface area (Å²) < 4.78 is 4.74. The average molecular weight is 181 g/mol. The number of hydrogen-bond acceptors (Lipinski definition) is 5. The van der Waals surface area contributed by atoms with Gasteiger partial charge in [-0.1, -0.05) is 0 Å². The summed E-state index contributed by atoms with van der Waals surface area (Å²) in [5, 5.41) is 13.4. The summed E-state index contributed by atoms with van der Waals surface area (Å²) in [4.78, 5) is 12.2. The van der Waals surface area contributed by atoms with Gasteiger partial charge in [0.15, 0.2) is 0 Å². The molecule has 0 amide bonds. The second-order valence-electron chi connectivity index (χ2n) is 1.96. The highest BCUT2D eigenvalue weighted by Gasteiger charge is 2.09. The lowest BCUT2D eigenvalue weighted by Gasteiger charge is -1.80. The lowest BCUT2D eigenvalue weighted by atomic mass is 10.4. The van der Waals surface area contributed by atoms with Crippen molar-refractivity contribution >= 4 is 12.0 Å². The van der Waals surface area contributed by atoms with Crippen molar-refractivity contribution in [3.63, 3.8) is 0 Å². The molecule has 1 aromatic rings. The Morgan fingerprint density at radius 2 is 2.46 bits per heavy atom. The van der Waals surface area contributed by atoms with Crippen LogP contribution < -0.4 is 4.91 Å². The molecule has 1 heterocycles. The van der Waals surface area contributed by atoms with Crippen molar-refractivity contribution in [2.24, 2.45) is 5.11 Å². The molecular formula is C6H5N4O3+. The first kappa shape index (κ1) is 8.82. The smallest absolute Gasteiger partial charge is 0.401 e. The monoisotopic (exact) mass is 181 g/mol. The third kappa shape index (κ3) is 2.35. The maximum absolute atomic E-state index is 10.2. The molecule has 0 spiro atoms. The fraction of sp³-hybridized carbons (Fsp3) is 0. The summed E-state index contributed by atoms with van der Waals surface area (Å²) >= 11 is 0. The van der Waals surface area contributed by atoms with E-state index in [-0.39, 0.29) is 5.88 Å². The van der Waals surface area contributed by atoms with Crippen molar-refractivity contribution in [2.45, 2.75) is 0 Å². The number of hydrogen-bond donors (Lipinski definition) is 1. The maximum Gasteiger partial charge on any atom is 0.433 e. The molecule has 0 saturated carbocycles. The Labute approximate surface area is 72.1 Å². The van der Waals surface area contributed by atoms with Crippen LogP contribution in [0.4, 0.5) is 5.88 Å². The normalized spacial score (nSPS) is 9.85. The molecule has 0 fully saturated rings. The molecule has 0 saturated heterocycles. The van der Waals surface area contributed by atoms with Gasteiger partial charge in [0.1, 0.15) is 27.5 Å². The molecule has 1 aromatic heterocycles. The predicted molar refractivity (Wildman–Crippen MR) is 41.7 cm³/mol. The van der Waals surface area contributed by atoms with E-state index in [9.17, 15) is 10.1 Å². The van der Waals surface area contributed by atoms with Crippen molar-refractivity contribution in [1.29, 1.82) is 5.53 Å². The van der Waals surface area contributed by atoms with Gasteiger partial charge in [-0.2, -0.15) is 0 Å². The molecule has 0 unspecified atom stereocenters. The molecule has 1 N–H and O–H groups in total. The lowest BCUT2D eigenvalue weighted by molar-refractivity contribution is -0.402. The van der Waals surface area contributed by atoms with Crippen molar-refractivity contribution in [2.75, 3.05) is 0 Å². The topological polar surface area (TPSA) is 107 Å². The van der Waals surface area contributed by atoms with Crippen molar-refractivity contribution in [1.82, 2.24) is 4.91 Å². The van der Waals surface area contributed by atoms with E-state index in [0.29, 0.717) is 5.76 Å². The molecule has 7 nitrogen and oxygen atoms in total. The zero-order chi connectivity index (χ0) is 9.68. The number of rotatable bonds is 3. The van der Waals surface area contributed by atoms with Crippen LogP contribution in [0.1, 0.15) is 5.76 Å². The third-order valence-corrected chi connectivity index (χ3v) is 1.16. The summed E-state index contributed by atoms with van der Waals surface area (Å²) in [6.45, 7) is 0. The number of furan rings is 1. The van der Waals surface area contributed by atoms with Crippen LogP contribution in [-0.2, 0) is 0 Å².